The van der Waals surface area contributed by atoms with Gasteiger partial charge in [0, 0.05) is 6.42 Å². The second kappa shape index (κ2) is 16.1. The van der Waals surface area contributed by atoms with E-state index in [-0.39, 0.29) is 42.0 Å². The van der Waals surface area contributed by atoms with E-state index in [9.17, 15) is 19.5 Å². The van der Waals surface area contributed by atoms with Gasteiger partial charge in [0.15, 0.2) is 0 Å². The molecule has 3 amide bonds. The lowest BCUT2D eigenvalue weighted by Gasteiger charge is -2.31. The van der Waals surface area contributed by atoms with Crippen molar-refractivity contribution in [3.05, 3.63) is 0 Å². The van der Waals surface area contributed by atoms with Crippen LogP contribution >= 0.6 is 0 Å². The molecule has 0 aromatic rings. The fourth-order valence-corrected chi connectivity index (χ4v) is 3.66. The van der Waals surface area contributed by atoms with Crippen LogP contribution in [0.5, 0.6) is 0 Å². The molecule has 2 unspecified atom stereocenters. The summed E-state index contributed by atoms with van der Waals surface area (Å²) in [6.07, 6.45) is 5.26. The van der Waals surface area contributed by atoms with E-state index >= 15 is 0 Å². The van der Waals surface area contributed by atoms with Crippen molar-refractivity contribution < 1.29 is 19.5 Å². The minimum atomic E-state index is -0.746. The van der Waals surface area contributed by atoms with Crippen LogP contribution in [0.25, 0.3) is 0 Å². The van der Waals surface area contributed by atoms with E-state index in [1.54, 1.807) is 6.92 Å². The first-order chi connectivity index (χ1) is 14.9. The zero-order valence-corrected chi connectivity index (χ0v) is 21.7. The van der Waals surface area contributed by atoms with E-state index < -0.39 is 18.2 Å². The number of amides is 3. The highest BCUT2D eigenvalue weighted by Crippen LogP contribution is 2.16. The van der Waals surface area contributed by atoms with Gasteiger partial charge < -0.3 is 21.1 Å². The molecule has 0 heterocycles. The Morgan fingerprint density at radius 3 is 1.75 bits per heavy atom. The van der Waals surface area contributed by atoms with Crippen LogP contribution in [0, 0.1) is 17.8 Å². The van der Waals surface area contributed by atoms with Gasteiger partial charge in [0.05, 0.1) is 12.1 Å². The van der Waals surface area contributed by atoms with Gasteiger partial charge in [-0.05, 0) is 30.6 Å². The zero-order valence-electron chi connectivity index (χ0n) is 21.7. The Morgan fingerprint density at radius 2 is 1.28 bits per heavy atom. The molecule has 0 bridgehead atoms. The number of carbonyl (C=O) groups excluding carboxylic acids is 3. The summed E-state index contributed by atoms with van der Waals surface area (Å²) in [6, 6.07) is -1.81. The summed E-state index contributed by atoms with van der Waals surface area (Å²) in [4.78, 5) is 37.9. The maximum atomic E-state index is 13.1. The predicted octanol–water partition coefficient (Wildman–Crippen LogP) is 3.54. The number of carbonyl (C=O) groups is 3. The van der Waals surface area contributed by atoms with Gasteiger partial charge in [0.2, 0.25) is 17.7 Å². The van der Waals surface area contributed by atoms with Crippen molar-refractivity contribution in [2.24, 2.45) is 17.8 Å². The van der Waals surface area contributed by atoms with Crippen LogP contribution in [-0.2, 0) is 14.4 Å². The molecule has 0 rings (SSSR count). The Balaban J connectivity index is 5.28. The van der Waals surface area contributed by atoms with E-state index in [1.165, 1.54) is 0 Å². The standard InChI is InChI=1S/C25H49N3O4/c1-9-11-12-13-14-20(29)19(15-16(3)4)26-24(31)23(18(7)8)28-25(32)22(17(5)6)27-21(30)10-2/h16-20,22-23,29H,9-15H2,1-8H3,(H,26,31)(H,27,30)(H,28,32)/t19?,20?,22-,23-/m0/s1. The predicted molar refractivity (Wildman–Crippen MR) is 130 cm³/mol. The molecular formula is C25H49N3O4. The van der Waals surface area contributed by atoms with E-state index in [4.69, 9.17) is 0 Å². The fourth-order valence-electron chi connectivity index (χ4n) is 3.66. The molecule has 188 valence electrons. The first kappa shape index (κ1) is 30.4. The van der Waals surface area contributed by atoms with Crippen LogP contribution in [0.15, 0.2) is 0 Å². The second-order valence-corrected chi connectivity index (χ2v) is 10.0. The SMILES string of the molecule is CCCCCCC(O)C(CC(C)C)NC(=O)[C@@H](NC(=O)[C@@H](NC(=O)CC)C(C)C)C(C)C. The minimum Gasteiger partial charge on any atom is -0.391 e. The zero-order chi connectivity index (χ0) is 24.8. The third-order valence-electron chi connectivity index (χ3n) is 5.70. The van der Waals surface area contributed by atoms with Gasteiger partial charge in [-0.25, -0.2) is 0 Å². The normalized spacial score (nSPS) is 15.4. The lowest BCUT2D eigenvalue weighted by Crippen LogP contribution is -2.58. The maximum absolute atomic E-state index is 13.1. The molecule has 0 aliphatic rings. The van der Waals surface area contributed by atoms with E-state index in [0.29, 0.717) is 18.8 Å². The van der Waals surface area contributed by atoms with Crippen molar-refractivity contribution >= 4 is 17.7 Å². The number of hydrogen-bond donors (Lipinski definition) is 4. The number of aliphatic hydroxyl groups is 1. The van der Waals surface area contributed by atoms with Crippen LogP contribution < -0.4 is 16.0 Å². The summed E-state index contributed by atoms with van der Waals surface area (Å²) in [6.45, 7) is 15.5. The van der Waals surface area contributed by atoms with Crippen molar-refractivity contribution in [1.82, 2.24) is 16.0 Å². The van der Waals surface area contributed by atoms with Crippen molar-refractivity contribution in [2.75, 3.05) is 0 Å². The van der Waals surface area contributed by atoms with Crippen LogP contribution in [0.1, 0.15) is 100 Å². The first-order valence-electron chi connectivity index (χ1n) is 12.5. The Kier molecular flexibility index (Phi) is 15.2. The number of rotatable bonds is 16. The Labute approximate surface area is 195 Å². The average molecular weight is 456 g/mol. The minimum absolute atomic E-state index is 0.111. The molecule has 0 fully saturated rings. The van der Waals surface area contributed by atoms with E-state index in [0.717, 1.165) is 25.7 Å². The molecule has 4 N–H and O–H groups in total. The molecule has 0 aliphatic carbocycles. The second-order valence-electron chi connectivity index (χ2n) is 10.0. The summed E-state index contributed by atoms with van der Waals surface area (Å²) < 4.78 is 0. The summed E-state index contributed by atoms with van der Waals surface area (Å²) in [5.74, 6) is -0.804. The van der Waals surface area contributed by atoms with Gasteiger partial charge in [0.25, 0.3) is 0 Å². The van der Waals surface area contributed by atoms with Crippen molar-refractivity contribution in [3.63, 3.8) is 0 Å². The van der Waals surface area contributed by atoms with Crippen LogP contribution in [0.3, 0.4) is 0 Å². The monoisotopic (exact) mass is 455 g/mol. The smallest absolute Gasteiger partial charge is 0.243 e. The van der Waals surface area contributed by atoms with Gasteiger partial charge in [-0.3, -0.25) is 14.4 Å². The Hall–Kier alpha value is -1.63. The molecule has 0 aliphatic heterocycles. The van der Waals surface area contributed by atoms with Crippen LogP contribution in [-0.4, -0.2) is 47.1 Å². The molecule has 7 nitrogen and oxygen atoms in total. The van der Waals surface area contributed by atoms with E-state index in [2.05, 4.69) is 36.7 Å². The lowest BCUT2D eigenvalue weighted by atomic mass is 9.94. The van der Waals surface area contributed by atoms with Gasteiger partial charge in [-0.2, -0.15) is 0 Å². The third kappa shape index (κ3) is 11.8. The Morgan fingerprint density at radius 1 is 0.750 bits per heavy atom. The van der Waals surface area contributed by atoms with Crippen molar-refractivity contribution in [3.8, 4) is 0 Å². The highest BCUT2D eigenvalue weighted by atomic mass is 16.3. The molecular weight excluding hydrogens is 406 g/mol. The topological polar surface area (TPSA) is 108 Å². The third-order valence-corrected chi connectivity index (χ3v) is 5.70. The van der Waals surface area contributed by atoms with Crippen molar-refractivity contribution in [1.29, 1.82) is 0 Å². The first-order valence-corrected chi connectivity index (χ1v) is 12.5. The average Bonchev–Trinajstić information content (AvgIpc) is 2.71. The van der Waals surface area contributed by atoms with Crippen molar-refractivity contribution in [2.45, 2.75) is 125 Å². The van der Waals surface area contributed by atoms with Crippen LogP contribution in [0.4, 0.5) is 0 Å². The highest BCUT2D eigenvalue weighted by molar-refractivity contribution is 5.92. The van der Waals surface area contributed by atoms with Gasteiger partial charge in [-0.15, -0.1) is 0 Å². The van der Waals surface area contributed by atoms with Gasteiger partial charge in [-0.1, -0.05) is 81.1 Å². The number of unbranched alkanes of at least 4 members (excludes halogenated alkanes) is 3. The molecule has 4 atom stereocenters. The lowest BCUT2D eigenvalue weighted by molar-refractivity contribution is -0.134. The summed E-state index contributed by atoms with van der Waals surface area (Å²) in [5.41, 5.74) is 0. The highest BCUT2D eigenvalue weighted by Gasteiger charge is 2.32. The number of aliphatic hydroxyl groups excluding tert-OH is 1. The molecule has 7 heteroatoms. The molecule has 0 saturated heterocycles. The molecule has 0 spiro atoms. The summed E-state index contributed by atoms with van der Waals surface area (Å²) in [5, 5.41) is 19.3. The summed E-state index contributed by atoms with van der Waals surface area (Å²) in [7, 11) is 0. The molecule has 0 saturated carbocycles. The maximum Gasteiger partial charge on any atom is 0.243 e. The quantitative estimate of drug-likeness (QED) is 0.267. The molecule has 0 aromatic heterocycles. The molecule has 32 heavy (non-hydrogen) atoms. The van der Waals surface area contributed by atoms with Gasteiger partial charge in [0.1, 0.15) is 12.1 Å². The molecule has 0 radical (unpaired) electrons. The fraction of sp³-hybridized carbons (Fsp3) is 0.880. The number of hydrogen-bond acceptors (Lipinski definition) is 4. The van der Waals surface area contributed by atoms with Gasteiger partial charge >= 0.3 is 0 Å². The number of nitrogens with one attached hydrogen (secondary N) is 3. The summed E-state index contributed by atoms with van der Waals surface area (Å²) >= 11 is 0. The largest absolute Gasteiger partial charge is 0.391 e. The Bertz CT molecular complexity index is 563. The molecule has 0 aromatic carbocycles. The van der Waals surface area contributed by atoms with E-state index in [1.807, 2.05) is 27.7 Å². The van der Waals surface area contributed by atoms with Crippen LogP contribution in [0.2, 0.25) is 0 Å².